The number of carbonyl (C=O) groups is 1. The van der Waals surface area contributed by atoms with E-state index in [1.807, 2.05) is 30.5 Å². The van der Waals surface area contributed by atoms with Crippen LogP contribution in [0.25, 0.3) is 14.8 Å². The van der Waals surface area contributed by atoms with E-state index in [0.29, 0.717) is 48.4 Å². The predicted octanol–water partition coefficient (Wildman–Crippen LogP) is 4.19. The second kappa shape index (κ2) is 9.22. The lowest BCUT2D eigenvalue weighted by Crippen LogP contribution is -2.49. The van der Waals surface area contributed by atoms with E-state index in [1.54, 1.807) is 34.4 Å². The van der Waals surface area contributed by atoms with Crippen LogP contribution in [0, 0.1) is 6.92 Å². The third-order valence-corrected chi connectivity index (χ3v) is 7.70. The molecule has 0 atom stereocenters. The van der Waals surface area contributed by atoms with Gasteiger partial charge in [0.25, 0.3) is 5.56 Å². The van der Waals surface area contributed by atoms with Gasteiger partial charge in [0, 0.05) is 49.5 Å². The van der Waals surface area contributed by atoms with Gasteiger partial charge in [-0.15, -0.1) is 11.3 Å². The summed E-state index contributed by atoms with van der Waals surface area (Å²) in [5.74, 6) is 0. The van der Waals surface area contributed by atoms with Crippen LogP contribution >= 0.6 is 34.3 Å². The summed E-state index contributed by atoms with van der Waals surface area (Å²) in [4.78, 5) is 35.5. The fourth-order valence-corrected chi connectivity index (χ4v) is 5.59. The standard InChI is InChI=1S/C22H21ClN6O2S2/c1-14-4-5-15(23)11-17(14)25-21(31)28-8-6-27(7-9-28)13-16-12-19(30)29-22(24-16)33-20(26-29)18-3-2-10-32-18/h2-5,10-12H,6-9,13H2,1H3,(H,25,31). The molecular weight excluding hydrogens is 480 g/mol. The Bertz CT molecular complexity index is 1360. The molecule has 1 N–H and O–H groups in total. The number of amides is 2. The zero-order valence-electron chi connectivity index (χ0n) is 17.8. The Morgan fingerprint density at radius 1 is 1.18 bits per heavy atom. The largest absolute Gasteiger partial charge is 0.322 e. The van der Waals surface area contributed by atoms with Crippen LogP contribution in [0.2, 0.25) is 5.02 Å². The molecule has 4 heterocycles. The van der Waals surface area contributed by atoms with Gasteiger partial charge in [0.1, 0.15) is 0 Å². The Morgan fingerprint density at radius 2 is 2.00 bits per heavy atom. The number of anilines is 1. The first kappa shape index (κ1) is 22.0. The number of aromatic nitrogens is 3. The monoisotopic (exact) mass is 500 g/mol. The molecule has 0 unspecified atom stereocenters. The van der Waals surface area contributed by atoms with Gasteiger partial charge in [0.15, 0.2) is 5.01 Å². The Balaban J connectivity index is 1.22. The van der Waals surface area contributed by atoms with Crippen molar-refractivity contribution in [1.82, 2.24) is 24.4 Å². The third kappa shape index (κ3) is 4.79. The van der Waals surface area contributed by atoms with Crippen LogP contribution in [0.5, 0.6) is 0 Å². The number of hydrogen-bond donors (Lipinski definition) is 1. The summed E-state index contributed by atoms with van der Waals surface area (Å²) in [5, 5.41) is 10.7. The van der Waals surface area contributed by atoms with E-state index in [2.05, 4.69) is 20.3 Å². The van der Waals surface area contributed by atoms with Crippen LogP contribution < -0.4 is 10.9 Å². The second-order valence-corrected chi connectivity index (χ2v) is 10.2. The average molecular weight is 501 g/mol. The molecule has 0 bridgehead atoms. The highest BCUT2D eigenvalue weighted by Crippen LogP contribution is 2.28. The zero-order valence-corrected chi connectivity index (χ0v) is 20.2. The molecule has 0 aliphatic carbocycles. The molecule has 11 heteroatoms. The molecule has 1 aliphatic heterocycles. The molecule has 2 amide bonds. The molecule has 4 aromatic rings. The molecule has 1 aliphatic rings. The van der Waals surface area contributed by atoms with E-state index in [9.17, 15) is 9.59 Å². The molecular formula is C22H21ClN6O2S2. The van der Waals surface area contributed by atoms with Gasteiger partial charge in [-0.05, 0) is 36.1 Å². The van der Waals surface area contributed by atoms with E-state index < -0.39 is 0 Å². The number of rotatable bonds is 4. The van der Waals surface area contributed by atoms with E-state index in [4.69, 9.17) is 11.6 Å². The number of nitrogens with zero attached hydrogens (tertiary/aromatic N) is 5. The third-order valence-electron chi connectivity index (χ3n) is 5.52. The van der Waals surface area contributed by atoms with Crippen molar-refractivity contribution in [2.24, 2.45) is 0 Å². The van der Waals surface area contributed by atoms with Gasteiger partial charge in [0.05, 0.1) is 10.6 Å². The molecule has 0 spiro atoms. The van der Waals surface area contributed by atoms with E-state index in [-0.39, 0.29) is 11.6 Å². The lowest BCUT2D eigenvalue weighted by molar-refractivity contribution is 0.142. The van der Waals surface area contributed by atoms with E-state index in [0.717, 1.165) is 21.1 Å². The number of piperazine rings is 1. The number of halogens is 1. The summed E-state index contributed by atoms with van der Waals surface area (Å²) < 4.78 is 1.36. The van der Waals surface area contributed by atoms with Crippen molar-refractivity contribution in [2.75, 3.05) is 31.5 Å². The number of hydrogen-bond acceptors (Lipinski definition) is 7. The number of nitrogens with one attached hydrogen (secondary N) is 1. The highest BCUT2D eigenvalue weighted by atomic mass is 35.5. The van der Waals surface area contributed by atoms with Crippen LogP contribution in [0.1, 0.15) is 11.3 Å². The van der Waals surface area contributed by atoms with Crippen LogP contribution in [0.15, 0.2) is 46.6 Å². The summed E-state index contributed by atoms with van der Waals surface area (Å²) in [6.07, 6.45) is 0. The number of carbonyl (C=O) groups excluding carboxylic acids is 1. The van der Waals surface area contributed by atoms with Crippen molar-refractivity contribution < 1.29 is 4.79 Å². The first-order valence-electron chi connectivity index (χ1n) is 10.4. The molecule has 33 heavy (non-hydrogen) atoms. The molecule has 8 nitrogen and oxygen atoms in total. The number of urea groups is 1. The minimum Gasteiger partial charge on any atom is -0.322 e. The van der Waals surface area contributed by atoms with Gasteiger partial charge < -0.3 is 10.2 Å². The maximum Gasteiger partial charge on any atom is 0.321 e. The van der Waals surface area contributed by atoms with Crippen molar-refractivity contribution in [3.63, 3.8) is 0 Å². The first-order chi connectivity index (χ1) is 16.0. The zero-order chi connectivity index (χ0) is 22.9. The smallest absolute Gasteiger partial charge is 0.321 e. The maximum absolute atomic E-state index is 12.7. The Labute approximate surface area is 203 Å². The minimum absolute atomic E-state index is 0.136. The molecule has 1 aromatic carbocycles. The summed E-state index contributed by atoms with van der Waals surface area (Å²) >= 11 is 9.05. The minimum atomic E-state index is -0.177. The second-order valence-electron chi connectivity index (χ2n) is 7.82. The average Bonchev–Trinajstić information content (AvgIpc) is 3.47. The van der Waals surface area contributed by atoms with Crippen molar-refractivity contribution in [1.29, 1.82) is 0 Å². The fourth-order valence-electron chi connectivity index (χ4n) is 3.70. The van der Waals surface area contributed by atoms with Gasteiger partial charge in [-0.1, -0.05) is 35.1 Å². The Morgan fingerprint density at radius 3 is 2.76 bits per heavy atom. The first-order valence-corrected chi connectivity index (χ1v) is 12.5. The lowest BCUT2D eigenvalue weighted by atomic mass is 10.2. The molecule has 1 fully saturated rings. The predicted molar refractivity (Wildman–Crippen MR) is 133 cm³/mol. The topological polar surface area (TPSA) is 82.8 Å². The van der Waals surface area contributed by atoms with Gasteiger partial charge in [-0.2, -0.15) is 9.61 Å². The number of fused-ring (bicyclic) bond motifs is 1. The summed E-state index contributed by atoms with van der Waals surface area (Å²) in [7, 11) is 0. The fraction of sp³-hybridized carbons (Fsp3) is 0.273. The molecule has 0 radical (unpaired) electrons. The SMILES string of the molecule is Cc1ccc(Cl)cc1NC(=O)N1CCN(Cc2cc(=O)n3nc(-c4cccs4)sc3n2)CC1. The summed E-state index contributed by atoms with van der Waals surface area (Å²) in [6, 6.07) is 10.8. The summed E-state index contributed by atoms with van der Waals surface area (Å²) in [5.41, 5.74) is 2.22. The van der Waals surface area contributed by atoms with Gasteiger partial charge >= 0.3 is 6.03 Å². The van der Waals surface area contributed by atoms with Crippen molar-refractivity contribution >= 4 is 51.0 Å². The Kier molecular flexibility index (Phi) is 6.15. The van der Waals surface area contributed by atoms with Crippen LogP contribution in [-0.4, -0.2) is 56.6 Å². The number of thiophene rings is 1. The quantitative estimate of drug-likeness (QED) is 0.454. The van der Waals surface area contributed by atoms with Crippen LogP contribution in [-0.2, 0) is 6.54 Å². The van der Waals surface area contributed by atoms with Crippen molar-refractivity contribution in [3.8, 4) is 9.88 Å². The van der Waals surface area contributed by atoms with Gasteiger partial charge in [0.2, 0.25) is 4.96 Å². The van der Waals surface area contributed by atoms with E-state index >= 15 is 0 Å². The molecule has 3 aromatic heterocycles. The van der Waals surface area contributed by atoms with Crippen LogP contribution in [0.3, 0.4) is 0 Å². The summed E-state index contributed by atoms with van der Waals surface area (Å²) in [6.45, 7) is 5.08. The van der Waals surface area contributed by atoms with Gasteiger partial charge in [-0.25, -0.2) is 9.78 Å². The molecule has 1 saturated heterocycles. The van der Waals surface area contributed by atoms with E-state index in [1.165, 1.54) is 15.9 Å². The molecule has 5 rings (SSSR count). The number of aryl methyl sites for hydroxylation is 1. The lowest BCUT2D eigenvalue weighted by Gasteiger charge is -2.34. The molecule has 170 valence electrons. The maximum atomic E-state index is 12.7. The molecule has 0 saturated carbocycles. The highest BCUT2D eigenvalue weighted by Gasteiger charge is 2.22. The van der Waals surface area contributed by atoms with Gasteiger partial charge in [-0.3, -0.25) is 9.69 Å². The normalized spacial score (nSPS) is 14.7. The highest BCUT2D eigenvalue weighted by molar-refractivity contribution is 7.23. The number of benzene rings is 1. The van der Waals surface area contributed by atoms with Crippen LogP contribution in [0.4, 0.5) is 10.5 Å². The van der Waals surface area contributed by atoms with Crippen molar-refractivity contribution in [2.45, 2.75) is 13.5 Å². The van der Waals surface area contributed by atoms with Crippen molar-refractivity contribution in [3.05, 3.63) is 68.4 Å². The Hall–Kier alpha value is -2.79.